The molecule has 2 heterocycles. The minimum Gasteiger partial charge on any atom is -0.505 e. The van der Waals surface area contributed by atoms with E-state index in [0.29, 0.717) is 24.9 Å². The van der Waals surface area contributed by atoms with Crippen LogP contribution in [0.5, 0.6) is 5.75 Å². The molecular weight excluding hydrogens is 307 g/mol. The van der Waals surface area contributed by atoms with E-state index < -0.39 is 6.17 Å². The van der Waals surface area contributed by atoms with E-state index in [1.165, 1.54) is 6.08 Å². The summed E-state index contributed by atoms with van der Waals surface area (Å²) in [4.78, 5) is 19.0. The number of phenols is 1. The highest BCUT2D eigenvalue weighted by Crippen LogP contribution is 2.32. The van der Waals surface area contributed by atoms with Crippen molar-refractivity contribution in [2.75, 3.05) is 13.1 Å². The summed E-state index contributed by atoms with van der Waals surface area (Å²) in [5.41, 5.74) is 2.04. The molecule has 1 N–H and O–H groups in total. The maximum absolute atomic E-state index is 13.6. The average molecular weight is 326 g/mol. The van der Waals surface area contributed by atoms with E-state index in [1.807, 2.05) is 12.1 Å². The van der Waals surface area contributed by atoms with Crippen LogP contribution in [0.1, 0.15) is 36.0 Å². The van der Waals surface area contributed by atoms with Crippen LogP contribution < -0.4 is 10.6 Å². The standard InChI is InChI=1S/C19H19FN2O2/c20-14-6-8-16-13(11-14)4-2-10-22(16)19(24)15-7-5-12-3-1-9-21-17(12)18(15)23/h3,5-8,14,23H,1-2,4,9-11H2. The zero-order valence-electron chi connectivity index (χ0n) is 13.3. The van der Waals surface area contributed by atoms with E-state index in [1.54, 1.807) is 17.0 Å². The highest BCUT2D eigenvalue weighted by molar-refractivity contribution is 5.98. The molecular formula is C19H19FN2O2. The number of amides is 1. The van der Waals surface area contributed by atoms with Gasteiger partial charge in [-0.15, -0.1) is 0 Å². The average Bonchev–Trinajstić information content (AvgIpc) is 2.61. The number of carbonyl (C=O) groups is 1. The molecule has 2 aliphatic heterocycles. The molecule has 0 spiro atoms. The van der Waals surface area contributed by atoms with Gasteiger partial charge in [-0.3, -0.25) is 9.79 Å². The minimum absolute atomic E-state index is 0.0515. The molecule has 0 bridgehead atoms. The number of benzene rings is 1. The maximum atomic E-state index is 13.6. The highest BCUT2D eigenvalue weighted by atomic mass is 19.1. The molecule has 1 atom stereocenters. The number of rotatable bonds is 1. The van der Waals surface area contributed by atoms with E-state index in [0.717, 1.165) is 35.8 Å². The predicted octanol–water partition coefficient (Wildman–Crippen LogP) is 1.98. The summed E-state index contributed by atoms with van der Waals surface area (Å²) in [6, 6.07) is 3.49. The normalized spacial score (nSPS) is 22.4. The van der Waals surface area contributed by atoms with Crippen molar-refractivity contribution in [3.8, 4) is 5.75 Å². The summed E-state index contributed by atoms with van der Waals surface area (Å²) in [6.45, 7) is 1.20. The van der Waals surface area contributed by atoms with Crippen LogP contribution in [0, 0.1) is 0 Å². The molecule has 24 heavy (non-hydrogen) atoms. The van der Waals surface area contributed by atoms with Gasteiger partial charge in [0.25, 0.3) is 5.91 Å². The molecule has 0 saturated heterocycles. The van der Waals surface area contributed by atoms with E-state index in [4.69, 9.17) is 0 Å². The van der Waals surface area contributed by atoms with E-state index >= 15 is 0 Å². The lowest BCUT2D eigenvalue weighted by molar-refractivity contribution is 0.0794. The Labute approximate surface area is 139 Å². The predicted molar refractivity (Wildman–Crippen MR) is 88.8 cm³/mol. The monoisotopic (exact) mass is 326 g/mol. The summed E-state index contributed by atoms with van der Waals surface area (Å²) in [7, 11) is 0. The largest absolute Gasteiger partial charge is 0.505 e. The summed E-state index contributed by atoms with van der Waals surface area (Å²) in [6.07, 6.45) is 7.09. The molecule has 5 heteroatoms. The number of nitrogens with zero attached hydrogens (tertiary/aromatic N) is 2. The molecule has 124 valence electrons. The lowest BCUT2D eigenvalue weighted by Gasteiger charge is -2.33. The smallest absolute Gasteiger partial charge is 0.262 e. The van der Waals surface area contributed by atoms with Crippen LogP contribution in [-0.4, -0.2) is 35.2 Å². The van der Waals surface area contributed by atoms with Crippen LogP contribution in [-0.2, 0) is 0 Å². The summed E-state index contributed by atoms with van der Waals surface area (Å²) in [5, 5.41) is 11.9. The number of halogens is 1. The Bertz CT molecular complexity index is 885. The number of carbonyl (C=O) groups excluding carboxylic acids is 1. The van der Waals surface area contributed by atoms with Crippen molar-refractivity contribution in [3.63, 3.8) is 0 Å². The summed E-state index contributed by atoms with van der Waals surface area (Å²) >= 11 is 0. The molecule has 4 rings (SSSR count). The van der Waals surface area contributed by atoms with Gasteiger partial charge in [-0.05, 0) is 48.3 Å². The molecule has 4 nitrogen and oxygen atoms in total. The Morgan fingerprint density at radius 3 is 3.12 bits per heavy atom. The van der Waals surface area contributed by atoms with Crippen molar-refractivity contribution < 1.29 is 14.3 Å². The fourth-order valence-corrected chi connectivity index (χ4v) is 3.65. The third-order valence-corrected chi connectivity index (χ3v) is 4.84. The first-order valence-corrected chi connectivity index (χ1v) is 8.38. The molecule has 1 unspecified atom stereocenters. The molecule has 0 aromatic heterocycles. The van der Waals surface area contributed by atoms with Gasteiger partial charge >= 0.3 is 0 Å². The maximum Gasteiger partial charge on any atom is 0.262 e. The fourth-order valence-electron chi connectivity index (χ4n) is 3.65. The van der Waals surface area contributed by atoms with Crippen LogP contribution in [0.15, 0.2) is 40.5 Å². The molecule has 1 aromatic carbocycles. The number of aromatic hydroxyl groups is 1. The second-order valence-electron chi connectivity index (χ2n) is 6.40. The second kappa shape index (κ2) is 5.89. The van der Waals surface area contributed by atoms with Crippen molar-refractivity contribution in [2.24, 2.45) is 4.99 Å². The molecule has 0 saturated carbocycles. The quantitative estimate of drug-likeness (QED) is 0.858. The van der Waals surface area contributed by atoms with Gasteiger partial charge in [-0.1, -0.05) is 12.1 Å². The van der Waals surface area contributed by atoms with Crippen LogP contribution >= 0.6 is 0 Å². The molecule has 0 radical (unpaired) electrons. The molecule has 1 aliphatic carbocycles. The topological polar surface area (TPSA) is 52.9 Å². The number of hydrogen-bond donors (Lipinski definition) is 1. The van der Waals surface area contributed by atoms with Gasteiger partial charge in [0.15, 0.2) is 5.75 Å². The van der Waals surface area contributed by atoms with Crippen molar-refractivity contribution in [1.82, 2.24) is 4.90 Å². The third kappa shape index (κ3) is 2.44. The number of hydrogen-bond acceptors (Lipinski definition) is 3. The highest BCUT2D eigenvalue weighted by Gasteiger charge is 2.29. The zero-order chi connectivity index (χ0) is 16.7. The lowest BCUT2D eigenvalue weighted by atomic mass is 9.92. The number of phenolic OH excluding ortho intramolecular Hbond substituents is 1. The second-order valence-corrected chi connectivity index (χ2v) is 6.40. The SMILES string of the molecule is O=C(c1ccc2c(c1O)=NCCC=2)N1CCCC2=C1C=CC(F)C2. The van der Waals surface area contributed by atoms with Gasteiger partial charge in [0, 0.05) is 25.2 Å². The van der Waals surface area contributed by atoms with E-state index in [-0.39, 0.29) is 17.2 Å². The first-order valence-electron chi connectivity index (χ1n) is 8.38. The van der Waals surface area contributed by atoms with E-state index in [9.17, 15) is 14.3 Å². The number of fused-ring (bicyclic) bond motifs is 1. The van der Waals surface area contributed by atoms with Crippen LogP contribution in [0.4, 0.5) is 4.39 Å². The van der Waals surface area contributed by atoms with Gasteiger partial charge in [-0.25, -0.2) is 4.39 Å². The fraction of sp³-hybridized carbons (Fsp3) is 0.368. The Kier molecular flexibility index (Phi) is 3.71. The van der Waals surface area contributed by atoms with Crippen molar-refractivity contribution in [3.05, 3.63) is 51.7 Å². The molecule has 1 amide bonds. The van der Waals surface area contributed by atoms with Crippen molar-refractivity contribution >= 4 is 12.0 Å². The van der Waals surface area contributed by atoms with Gasteiger partial charge in [0.2, 0.25) is 0 Å². The third-order valence-electron chi connectivity index (χ3n) is 4.84. The van der Waals surface area contributed by atoms with Crippen LogP contribution in [0.2, 0.25) is 0 Å². The zero-order valence-corrected chi connectivity index (χ0v) is 13.3. The van der Waals surface area contributed by atoms with Crippen molar-refractivity contribution in [2.45, 2.75) is 31.9 Å². The Balaban J connectivity index is 1.75. The Morgan fingerprint density at radius 1 is 1.38 bits per heavy atom. The minimum atomic E-state index is -0.967. The van der Waals surface area contributed by atoms with Crippen molar-refractivity contribution in [1.29, 1.82) is 0 Å². The molecule has 0 fully saturated rings. The van der Waals surface area contributed by atoms with Crippen LogP contribution in [0.25, 0.3) is 6.08 Å². The van der Waals surface area contributed by atoms with Gasteiger partial charge < -0.3 is 10.0 Å². The van der Waals surface area contributed by atoms with E-state index in [2.05, 4.69) is 4.99 Å². The van der Waals surface area contributed by atoms with Crippen LogP contribution in [0.3, 0.4) is 0 Å². The summed E-state index contributed by atoms with van der Waals surface area (Å²) in [5.74, 6) is -0.297. The Morgan fingerprint density at radius 2 is 2.25 bits per heavy atom. The molecule has 1 aromatic rings. The van der Waals surface area contributed by atoms with Gasteiger partial charge in [-0.2, -0.15) is 0 Å². The number of allylic oxidation sites excluding steroid dienone is 3. The lowest BCUT2D eigenvalue weighted by Crippen LogP contribution is -2.37. The van der Waals surface area contributed by atoms with Gasteiger partial charge in [0.05, 0.1) is 5.56 Å². The first kappa shape index (κ1) is 15.1. The van der Waals surface area contributed by atoms with Gasteiger partial charge in [0.1, 0.15) is 11.5 Å². The molecule has 3 aliphatic rings. The first-order chi connectivity index (χ1) is 11.6. The Hall–Kier alpha value is -2.43. The number of alkyl halides is 1. The summed E-state index contributed by atoms with van der Waals surface area (Å²) < 4.78 is 13.6.